The highest BCUT2D eigenvalue weighted by Gasteiger charge is 2.15. The molecule has 0 saturated carbocycles. The molecule has 1 heterocycles. The van der Waals surface area contributed by atoms with Crippen LogP contribution >= 0.6 is 46.1 Å². The summed E-state index contributed by atoms with van der Waals surface area (Å²) in [6.07, 6.45) is 0. The Morgan fingerprint density at radius 1 is 1.10 bits per heavy atom. The van der Waals surface area contributed by atoms with E-state index in [4.69, 9.17) is 34.8 Å². The van der Waals surface area contributed by atoms with E-state index in [0.29, 0.717) is 15.1 Å². The molecule has 0 aliphatic heterocycles. The van der Waals surface area contributed by atoms with Gasteiger partial charge in [0, 0.05) is 10.0 Å². The van der Waals surface area contributed by atoms with Crippen molar-refractivity contribution in [3.8, 4) is 0 Å². The van der Waals surface area contributed by atoms with Gasteiger partial charge < -0.3 is 5.32 Å². The summed E-state index contributed by atoms with van der Waals surface area (Å²) in [6, 6.07) is 9.22. The summed E-state index contributed by atoms with van der Waals surface area (Å²) in [5.41, 5.74) is 4.42. The van der Waals surface area contributed by atoms with Crippen LogP contribution in [0.15, 0.2) is 35.8 Å². The first-order chi connectivity index (χ1) is 10.1. The highest BCUT2D eigenvalue weighted by Crippen LogP contribution is 2.36. The predicted molar refractivity (Wildman–Crippen MR) is 93.1 cm³/mol. The van der Waals surface area contributed by atoms with Crippen LogP contribution in [0, 0.1) is 0 Å². The van der Waals surface area contributed by atoms with Crippen LogP contribution in [-0.2, 0) is 0 Å². The van der Waals surface area contributed by atoms with Crippen molar-refractivity contribution in [3.05, 3.63) is 56.5 Å². The Balaban J connectivity index is 2.00. The number of fused-ring (bicyclic) bond motifs is 1. The van der Waals surface area contributed by atoms with Crippen molar-refractivity contribution in [3.63, 3.8) is 0 Å². The summed E-state index contributed by atoms with van der Waals surface area (Å²) < 4.78 is 1.09. The first-order valence-corrected chi connectivity index (χ1v) is 8.31. The van der Waals surface area contributed by atoms with E-state index in [-0.39, 0.29) is 6.04 Å². The maximum Gasteiger partial charge on any atom is 0.106 e. The Hall–Kier alpha value is -1.000. The zero-order valence-electron chi connectivity index (χ0n) is 11.0. The molecular formula is C15H11Cl3N2S. The molecule has 0 fully saturated rings. The third-order valence-corrected chi connectivity index (χ3v) is 4.93. The monoisotopic (exact) mass is 356 g/mol. The lowest BCUT2D eigenvalue weighted by atomic mass is 10.1. The number of halogens is 3. The Morgan fingerprint density at radius 3 is 2.67 bits per heavy atom. The molecule has 0 aliphatic carbocycles. The Kier molecular flexibility index (Phi) is 4.27. The van der Waals surface area contributed by atoms with Crippen LogP contribution in [0.2, 0.25) is 15.1 Å². The van der Waals surface area contributed by atoms with E-state index in [9.17, 15) is 0 Å². The van der Waals surface area contributed by atoms with Crippen LogP contribution in [0.3, 0.4) is 0 Å². The van der Waals surface area contributed by atoms with Gasteiger partial charge in [-0.2, -0.15) is 0 Å². The fraction of sp³-hybridized carbons (Fsp3) is 0.133. The van der Waals surface area contributed by atoms with Crippen LogP contribution in [0.1, 0.15) is 18.5 Å². The molecule has 0 aliphatic rings. The molecule has 0 radical (unpaired) electrons. The second-order valence-corrected chi connectivity index (χ2v) is 6.79. The number of nitrogens with zero attached hydrogens (tertiary/aromatic N) is 1. The van der Waals surface area contributed by atoms with Gasteiger partial charge >= 0.3 is 0 Å². The number of anilines is 1. The Bertz CT molecular complexity index is 801. The topological polar surface area (TPSA) is 24.9 Å². The third kappa shape index (κ3) is 2.97. The average molecular weight is 358 g/mol. The lowest BCUT2D eigenvalue weighted by Crippen LogP contribution is -2.08. The molecule has 2 nitrogen and oxygen atoms in total. The molecule has 1 unspecified atom stereocenters. The van der Waals surface area contributed by atoms with Gasteiger partial charge in [0.1, 0.15) is 5.52 Å². The van der Waals surface area contributed by atoms with Gasteiger partial charge in [-0.05, 0) is 42.8 Å². The molecule has 3 aromatic rings. The largest absolute Gasteiger partial charge is 0.375 e. The minimum absolute atomic E-state index is 0.0407. The minimum Gasteiger partial charge on any atom is -0.375 e. The van der Waals surface area contributed by atoms with Gasteiger partial charge in [-0.15, -0.1) is 11.3 Å². The van der Waals surface area contributed by atoms with E-state index in [0.717, 1.165) is 21.5 Å². The SMILES string of the molecule is CC(Nc1c(Cl)ccc2scnc12)c1cc(Cl)ccc1Cl. The molecule has 6 heteroatoms. The summed E-state index contributed by atoms with van der Waals surface area (Å²) >= 11 is 20.2. The van der Waals surface area contributed by atoms with Crippen LogP contribution in [0.4, 0.5) is 5.69 Å². The summed E-state index contributed by atoms with van der Waals surface area (Å²) in [5.74, 6) is 0. The molecule has 1 N–H and O–H groups in total. The number of nitrogens with one attached hydrogen (secondary N) is 1. The van der Waals surface area contributed by atoms with Crippen LogP contribution < -0.4 is 5.32 Å². The number of thiazole rings is 1. The second-order valence-electron chi connectivity index (χ2n) is 4.65. The van der Waals surface area contributed by atoms with Gasteiger partial charge in [0.05, 0.1) is 27.0 Å². The molecule has 0 spiro atoms. The smallest absolute Gasteiger partial charge is 0.106 e. The lowest BCUT2D eigenvalue weighted by Gasteiger charge is -2.18. The van der Waals surface area contributed by atoms with E-state index in [1.165, 1.54) is 0 Å². The number of hydrogen-bond acceptors (Lipinski definition) is 3. The van der Waals surface area contributed by atoms with Crippen molar-refractivity contribution in [2.45, 2.75) is 13.0 Å². The van der Waals surface area contributed by atoms with Gasteiger partial charge in [-0.25, -0.2) is 4.98 Å². The molecule has 108 valence electrons. The van der Waals surface area contributed by atoms with Crippen molar-refractivity contribution in [2.24, 2.45) is 0 Å². The number of hydrogen-bond donors (Lipinski definition) is 1. The van der Waals surface area contributed by atoms with E-state index < -0.39 is 0 Å². The highest BCUT2D eigenvalue weighted by atomic mass is 35.5. The fourth-order valence-electron chi connectivity index (χ4n) is 2.18. The predicted octanol–water partition coefficient (Wildman–Crippen LogP) is 6.43. The third-order valence-electron chi connectivity index (χ3n) is 3.24. The van der Waals surface area contributed by atoms with Crippen LogP contribution in [-0.4, -0.2) is 4.98 Å². The van der Waals surface area contributed by atoms with Crippen molar-refractivity contribution >= 4 is 62.0 Å². The molecule has 2 aromatic carbocycles. The Labute approximate surface area is 141 Å². The molecule has 0 bridgehead atoms. The lowest BCUT2D eigenvalue weighted by molar-refractivity contribution is 0.886. The average Bonchev–Trinajstić information content (AvgIpc) is 2.93. The molecular weight excluding hydrogens is 347 g/mol. The van der Waals surface area contributed by atoms with Gasteiger partial charge in [0.2, 0.25) is 0 Å². The summed E-state index contributed by atoms with van der Waals surface area (Å²) in [7, 11) is 0. The van der Waals surface area contributed by atoms with Crippen molar-refractivity contribution in [2.75, 3.05) is 5.32 Å². The van der Waals surface area contributed by atoms with E-state index in [1.54, 1.807) is 23.5 Å². The molecule has 1 atom stereocenters. The van der Waals surface area contributed by atoms with Crippen molar-refractivity contribution in [1.82, 2.24) is 4.98 Å². The van der Waals surface area contributed by atoms with E-state index >= 15 is 0 Å². The molecule has 0 amide bonds. The first-order valence-electron chi connectivity index (χ1n) is 6.29. The normalized spacial score (nSPS) is 12.6. The summed E-state index contributed by atoms with van der Waals surface area (Å²) in [4.78, 5) is 4.38. The quantitative estimate of drug-likeness (QED) is 0.584. The number of benzene rings is 2. The number of aromatic nitrogens is 1. The van der Waals surface area contributed by atoms with E-state index in [1.807, 2.05) is 30.6 Å². The standard InChI is InChI=1S/C15H11Cl3N2S/c1-8(10-6-9(16)2-3-11(10)17)20-14-12(18)4-5-13-15(14)19-7-21-13/h2-8,20H,1H3. The van der Waals surface area contributed by atoms with Crippen molar-refractivity contribution < 1.29 is 0 Å². The van der Waals surface area contributed by atoms with E-state index in [2.05, 4.69) is 10.3 Å². The van der Waals surface area contributed by atoms with Gasteiger partial charge in [-0.3, -0.25) is 0 Å². The minimum atomic E-state index is -0.0407. The first kappa shape index (κ1) is 14.9. The summed E-state index contributed by atoms with van der Waals surface area (Å²) in [6.45, 7) is 2.01. The molecule has 0 saturated heterocycles. The summed E-state index contributed by atoms with van der Waals surface area (Å²) in [5, 5.41) is 5.35. The zero-order chi connectivity index (χ0) is 15.0. The maximum absolute atomic E-state index is 6.31. The second kappa shape index (κ2) is 6.01. The molecule has 3 rings (SSSR count). The maximum atomic E-state index is 6.31. The fourth-order valence-corrected chi connectivity index (χ4v) is 3.54. The van der Waals surface area contributed by atoms with Crippen LogP contribution in [0.5, 0.6) is 0 Å². The number of rotatable bonds is 3. The molecule has 1 aromatic heterocycles. The van der Waals surface area contributed by atoms with Gasteiger partial charge in [0.15, 0.2) is 0 Å². The van der Waals surface area contributed by atoms with Crippen molar-refractivity contribution in [1.29, 1.82) is 0 Å². The zero-order valence-corrected chi connectivity index (χ0v) is 14.1. The Morgan fingerprint density at radius 2 is 1.86 bits per heavy atom. The van der Waals surface area contributed by atoms with Crippen LogP contribution in [0.25, 0.3) is 10.2 Å². The highest BCUT2D eigenvalue weighted by molar-refractivity contribution is 7.16. The van der Waals surface area contributed by atoms with Gasteiger partial charge in [-0.1, -0.05) is 34.8 Å². The molecule has 21 heavy (non-hydrogen) atoms. The van der Waals surface area contributed by atoms with Gasteiger partial charge in [0.25, 0.3) is 0 Å².